The zero-order valence-electron chi connectivity index (χ0n) is 7.44. The molecule has 0 spiro atoms. The minimum Gasteiger partial charge on any atom is -0.347 e. The minimum absolute atomic E-state index is 0.211. The maximum absolute atomic E-state index is 12.6. The maximum Gasteiger partial charge on any atom is 0.315 e. The van der Waals surface area contributed by atoms with Gasteiger partial charge in [-0.1, -0.05) is 6.07 Å². The Hall–Kier alpha value is -1.59. The highest BCUT2D eigenvalue weighted by atomic mass is 19.3. The van der Waals surface area contributed by atoms with E-state index in [1.807, 2.05) is 5.32 Å². The molecular weight excluding hydrogens is 214 g/mol. The summed E-state index contributed by atoms with van der Waals surface area (Å²) in [7, 11) is 0. The number of rotatable bonds is 3. The standard InChI is InChI=1S/C9H7F4NO/c10-6-2-1-5(3-7(6)11)4-14-9(15)8(12)13/h1-3,8H,4H2,(H,14,15). The predicted molar refractivity (Wildman–Crippen MR) is 44.2 cm³/mol. The van der Waals surface area contributed by atoms with Gasteiger partial charge < -0.3 is 5.32 Å². The zero-order valence-corrected chi connectivity index (χ0v) is 7.44. The molecule has 0 saturated heterocycles. The van der Waals surface area contributed by atoms with Crippen LogP contribution in [0, 0.1) is 11.6 Å². The molecule has 0 aromatic heterocycles. The number of amides is 1. The third-order valence-corrected chi connectivity index (χ3v) is 1.65. The Morgan fingerprint density at radius 2 is 1.93 bits per heavy atom. The van der Waals surface area contributed by atoms with Crippen molar-refractivity contribution in [1.29, 1.82) is 0 Å². The third-order valence-electron chi connectivity index (χ3n) is 1.65. The minimum atomic E-state index is -3.12. The van der Waals surface area contributed by atoms with E-state index in [4.69, 9.17) is 0 Å². The van der Waals surface area contributed by atoms with Gasteiger partial charge in [-0.15, -0.1) is 0 Å². The Morgan fingerprint density at radius 3 is 2.47 bits per heavy atom. The summed E-state index contributed by atoms with van der Waals surface area (Å²) in [4.78, 5) is 10.4. The van der Waals surface area contributed by atoms with Crippen molar-refractivity contribution in [1.82, 2.24) is 5.32 Å². The molecule has 0 aliphatic rings. The highest BCUT2D eigenvalue weighted by Gasteiger charge is 2.14. The molecule has 0 heterocycles. The number of hydrogen-bond acceptors (Lipinski definition) is 1. The van der Waals surface area contributed by atoms with Gasteiger partial charge in [-0.2, -0.15) is 8.78 Å². The van der Waals surface area contributed by atoms with E-state index in [2.05, 4.69) is 0 Å². The summed E-state index contributed by atoms with van der Waals surface area (Å²) in [5, 5.41) is 1.87. The molecule has 2 nitrogen and oxygen atoms in total. The van der Waals surface area contributed by atoms with Crippen LogP contribution in [0.2, 0.25) is 0 Å². The Morgan fingerprint density at radius 1 is 1.27 bits per heavy atom. The first-order valence-corrected chi connectivity index (χ1v) is 4.00. The lowest BCUT2D eigenvalue weighted by atomic mass is 10.2. The van der Waals surface area contributed by atoms with Gasteiger partial charge in [-0.05, 0) is 17.7 Å². The van der Waals surface area contributed by atoms with Crippen molar-refractivity contribution in [3.63, 3.8) is 0 Å². The van der Waals surface area contributed by atoms with Gasteiger partial charge in [0, 0.05) is 6.54 Å². The Balaban J connectivity index is 2.58. The predicted octanol–water partition coefficient (Wildman–Crippen LogP) is 1.85. The van der Waals surface area contributed by atoms with Gasteiger partial charge in [0.1, 0.15) is 0 Å². The summed E-state index contributed by atoms with van der Waals surface area (Å²) in [6.45, 7) is -0.264. The van der Waals surface area contributed by atoms with Crippen molar-refractivity contribution in [2.75, 3.05) is 0 Å². The molecule has 1 amide bonds. The first-order valence-electron chi connectivity index (χ1n) is 4.00. The van der Waals surface area contributed by atoms with Gasteiger partial charge in [-0.25, -0.2) is 8.78 Å². The summed E-state index contributed by atoms with van der Waals surface area (Å²) in [6, 6.07) is 2.89. The normalized spacial score (nSPS) is 10.5. The fourth-order valence-electron chi connectivity index (χ4n) is 0.916. The van der Waals surface area contributed by atoms with E-state index in [0.29, 0.717) is 0 Å². The second kappa shape index (κ2) is 4.77. The molecule has 0 saturated carbocycles. The van der Waals surface area contributed by atoms with E-state index in [9.17, 15) is 22.4 Å². The van der Waals surface area contributed by atoms with Crippen molar-refractivity contribution in [2.45, 2.75) is 13.0 Å². The van der Waals surface area contributed by atoms with Crippen LogP contribution in [0.15, 0.2) is 18.2 Å². The Bertz CT molecular complexity index is 367. The van der Waals surface area contributed by atoms with Crippen LogP contribution in [0.3, 0.4) is 0 Å². The summed E-state index contributed by atoms with van der Waals surface area (Å²) in [5.41, 5.74) is 0.211. The first kappa shape index (κ1) is 11.5. The molecule has 0 radical (unpaired) electrons. The quantitative estimate of drug-likeness (QED) is 0.775. The maximum atomic E-state index is 12.6. The topological polar surface area (TPSA) is 29.1 Å². The van der Waals surface area contributed by atoms with Crippen LogP contribution in [0.4, 0.5) is 17.6 Å². The average molecular weight is 221 g/mol. The van der Waals surface area contributed by atoms with Gasteiger partial charge >= 0.3 is 6.43 Å². The number of benzene rings is 1. The molecule has 0 atom stereocenters. The van der Waals surface area contributed by atoms with Crippen molar-refractivity contribution >= 4 is 5.91 Å². The molecule has 0 bridgehead atoms. The number of halogens is 4. The van der Waals surface area contributed by atoms with Crippen LogP contribution in [-0.2, 0) is 11.3 Å². The van der Waals surface area contributed by atoms with Crippen molar-refractivity contribution in [3.05, 3.63) is 35.4 Å². The van der Waals surface area contributed by atoms with E-state index < -0.39 is 24.0 Å². The molecule has 6 heteroatoms. The zero-order chi connectivity index (χ0) is 11.4. The smallest absolute Gasteiger partial charge is 0.315 e. The number of alkyl halides is 2. The third kappa shape index (κ3) is 3.23. The SMILES string of the molecule is O=C(NCc1ccc(F)c(F)c1)C(F)F. The largest absolute Gasteiger partial charge is 0.347 e. The van der Waals surface area contributed by atoms with Gasteiger partial charge in [0.15, 0.2) is 11.6 Å². The van der Waals surface area contributed by atoms with Crippen molar-refractivity contribution in [3.8, 4) is 0 Å². The summed E-state index contributed by atoms with van der Waals surface area (Å²) in [6.07, 6.45) is -3.12. The lowest BCUT2D eigenvalue weighted by molar-refractivity contribution is -0.131. The number of carbonyl (C=O) groups is 1. The molecule has 1 aromatic rings. The molecule has 1 aromatic carbocycles. The summed E-state index contributed by atoms with van der Waals surface area (Å²) >= 11 is 0. The Kier molecular flexibility index (Phi) is 3.65. The van der Waals surface area contributed by atoms with E-state index in [0.717, 1.165) is 12.1 Å². The van der Waals surface area contributed by atoms with E-state index >= 15 is 0 Å². The van der Waals surface area contributed by atoms with Crippen LogP contribution in [0.25, 0.3) is 0 Å². The molecule has 0 unspecified atom stereocenters. The van der Waals surface area contributed by atoms with Crippen LogP contribution in [-0.4, -0.2) is 12.3 Å². The second-order valence-electron chi connectivity index (χ2n) is 2.77. The fourth-order valence-corrected chi connectivity index (χ4v) is 0.916. The molecule has 0 aliphatic heterocycles. The van der Waals surface area contributed by atoms with Gasteiger partial charge in [0.25, 0.3) is 5.91 Å². The lowest BCUT2D eigenvalue weighted by Gasteiger charge is -2.04. The highest BCUT2D eigenvalue weighted by Crippen LogP contribution is 2.08. The van der Waals surface area contributed by atoms with E-state index in [1.54, 1.807) is 0 Å². The molecule has 0 fully saturated rings. The number of hydrogen-bond donors (Lipinski definition) is 1. The van der Waals surface area contributed by atoms with Crippen LogP contribution in [0.1, 0.15) is 5.56 Å². The van der Waals surface area contributed by atoms with Gasteiger partial charge in [-0.3, -0.25) is 4.79 Å². The molecule has 15 heavy (non-hydrogen) atoms. The molecule has 1 N–H and O–H groups in total. The Labute approximate surface area is 82.9 Å². The lowest BCUT2D eigenvalue weighted by Crippen LogP contribution is -2.28. The fraction of sp³-hybridized carbons (Fsp3) is 0.222. The second-order valence-corrected chi connectivity index (χ2v) is 2.77. The van der Waals surface area contributed by atoms with Crippen molar-refractivity contribution < 1.29 is 22.4 Å². The number of nitrogens with one attached hydrogen (secondary N) is 1. The van der Waals surface area contributed by atoms with Crippen LogP contribution >= 0.6 is 0 Å². The van der Waals surface area contributed by atoms with Gasteiger partial charge in [0.2, 0.25) is 0 Å². The number of carbonyl (C=O) groups excluding carboxylic acids is 1. The average Bonchev–Trinajstić information content (AvgIpc) is 2.19. The summed E-state index contributed by atoms with van der Waals surface area (Å²) in [5.74, 6) is -3.56. The summed E-state index contributed by atoms with van der Waals surface area (Å²) < 4.78 is 48.5. The molecule has 82 valence electrons. The van der Waals surface area contributed by atoms with E-state index in [-0.39, 0.29) is 12.1 Å². The van der Waals surface area contributed by atoms with Crippen LogP contribution < -0.4 is 5.32 Å². The van der Waals surface area contributed by atoms with Gasteiger partial charge in [0.05, 0.1) is 0 Å². The monoisotopic (exact) mass is 221 g/mol. The molecule has 1 rings (SSSR count). The van der Waals surface area contributed by atoms with Crippen LogP contribution in [0.5, 0.6) is 0 Å². The highest BCUT2D eigenvalue weighted by molar-refractivity contribution is 5.78. The van der Waals surface area contributed by atoms with Crippen molar-refractivity contribution in [2.24, 2.45) is 0 Å². The molecule has 0 aliphatic carbocycles. The first-order chi connectivity index (χ1) is 7.00. The van der Waals surface area contributed by atoms with E-state index in [1.165, 1.54) is 6.07 Å². The molecular formula is C9H7F4NO.